The molecule has 72 valence electrons. The van der Waals surface area contributed by atoms with Gasteiger partial charge in [-0.2, -0.15) is 11.8 Å². The van der Waals surface area contributed by atoms with Crippen molar-refractivity contribution >= 4 is 11.8 Å². The molecule has 12 heavy (non-hydrogen) atoms. The minimum Gasteiger partial charge on any atom is -0.387 e. The van der Waals surface area contributed by atoms with Crippen LogP contribution in [-0.2, 0) is 9.47 Å². The van der Waals surface area contributed by atoms with Crippen LogP contribution in [-0.4, -0.2) is 53.9 Å². The zero-order valence-corrected chi connectivity index (χ0v) is 7.95. The third-order valence-corrected chi connectivity index (χ3v) is 2.54. The van der Waals surface area contributed by atoms with Gasteiger partial charge < -0.3 is 19.7 Å². The molecule has 0 bridgehead atoms. The number of hydrogen-bond donors (Lipinski definition) is 2. The van der Waals surface area contributed by atoms with Gasteiger partial charge >= 0.3 is 0 Å². The predicted octanol–water partition coefficient (Wildman–Crippen LogP) is -0.557. The summed E-state index contributed by atoms with van der Waals surface area (Å²) in [5.74, 6) is 0.665. The summed E-state index contributed by atoms with van der Waals surface area (Å²) >= 11 is 1.57. The summed E-state index contributed by atoms with van der Waals surface area (Å²) in [6, 6.07) is 0. The maximum atomic E-state index is 9.42. The highest BCUT2D eigenvalue weighted by molar-refractivity contribution is 7.98. The van der Waals surface area contributed by atoms with Crippen LogP contribution < -0.4 is 0 Å². The Balaban J connectivity index is 2.48. The highest BCUT2D eigenvalue weighted by Gasteiger charge is 2.42. The fourth-order valence-electron chi connectivity index (χ4n) is 1.21. The Morgan fingerprint density at radius 2 is 2.08 bits per heavy atom. The van der Waals surface area contributed by atoms with Gasteiger partial charge in [0.05, 0.1) is 6.10 Å². The molecule has 0 aromatic carbocycles. The fourth-order valence-corrected chi connectivity index (χ4v) is 1.82. The van der Waals surface area contributed by atoms with Gasteiger partial charge in [-0.05, 0) is 6.26 Å². The van der Waals surface area contributed by atoms with Crippen LogP contribution in [0.15, 0.2) is 0 Å². The summed E-state index contributed by atoms with van der Waals surface area (Å²) in [4.78, 5) is 0. The van der Waals surface area contributed by atoms with E-state index >= 15 is 0 Å². The lowest BCUT2D eigenvalue weighted by atomic mass is 10.2. The van der Waals surface area contributed by atoms with E-state index in [-0.39, 0.29) is 6.10 Å². The van der Waals surface area contributed by atoms with Crippen LogP contribution in [0.1, 0.15) is 0 Å². The number of hydrogen-bond acceptors (Lipinski definition) is 5. The number of ether oxygens (including phenoxy) is 2. The molecule has 1 fully saturated rings. The van der Waals surface area contributed by atoms with Gasteiger partial charge in [0, 0.05) is 12.9 Å². The van der Waals surface area contributed by atoms with Crippen molar-refractivity contribution in [1.29, 1.82) is 0 Å². The van der Waals surface area contributed by atoms with Crippen LogP contribution in [0.2, 0.25) is 0 Å². The molecular formula is C7H14O4S. The van der Waals surface area contributed by atoms with E-state index in [0.717, 1.165) is 0 Å². The lowest BCUT2D eigenvalue weighted by Crippen LogP contribution is -2.33. The fraction of sp³-hybridized carbons (Fsp3) is 1.00. The van der Waals surface area contributed by atoms with E-state index in [2.05, 4.69) is 0 Å². The number of aliphatic hydroxyl groups is 2. The van der Waals surface area contributed by atoms with E-state index in [1.807, 2.05) is 6.26 Å². The van der Waals surface area contributed by atoms with E-state index in [1.165, 1.54) is 7.11 Å². The summed E-state index contributed by atoms with van der Waals surface area (Å²) in [7, 11) is 1.45. The second-order valence-corrected chi connectivity index (χ2v) is 3.63. The maximum absolute atomic E-state index is 9.42. The Bertz CT molecular complexity index is 143. The monoisotopic (exact) mass is 194 g/mol. The molecular weight excluding hydrogens is 180 g/mol. The van der Waals surface area contributed by atoms with Crippen molar-refractivity contribution in [3.8, 4) is 0 Å². The standard InChI is InChI=1S/C7H14O4S/c1-10-7-6(9)5(8)4(11-7)3-12-2/h4-9H,3H2,1-2H3/t4-,5?,6?,7+/m0/s1. The van der Waals surface area contributed by atoms with Crippen molar-refractivity contribution in [3.63, 3.8) is 0 Å². The average molecular weight is 194 g/mol. The third-order valence-electron chi connectivity index (χ3n) is 1.88. The van der Waals surface area contributed by atoms with Crippen LogP contribution in [0.25, 0.3) is 0 Å². The van der Waals surface area contributed by atoms with Crippen molar-refractivity contribution in [2.45, 2.75) is 24.6 Å². The van der Waals surface area contributed by atoms with E-state index in [1.54, 1.807) is 11.8 Å². The summed E-state index contributed by atoms with van der Waals surface area (Å²) < 4.78 is 10.1. The minimum absolute atomic E-state index is 0.319. The maximum Gasteiger partial charge on any atom is 0.186 e. The summed E-state index contributed by atoms with van der Waals surface area (Å²) in [5, 5.41) is 18.8. The molecule has 0 amide bonds. The highest BCUT2D eigenvalue weighted by Crippen LogP contribution is 2.23. The Labute approximate surface area is 75.9 Å². The Hall–Kier alpha value is 0.190. The van der Waals surface area contributed by atoms with Gasteiger partial charge in [0.1, 0.15) is 12.2 Å². The first kappa shape index (κ1) is 10.3. The van der Waals surface area contributed by atoms with Crippen LogP contribution in [0.3, 0.4) is 0 Å². The van der Waals surface area contributed by atoms with E-state index in [9.17, 15) is 10.2 Å². The second kappa shape index (κ2) is 4.43. The quantitative estimate of drug-likeness (QED) is 0.631. The van der Waals surface area contributed by atoms with Crippen molar-refractivity contribution in [1.82, 2.24) is 0 Å². The number of thioether (sulfide) groups is 1. The summed E-state index contributed by atoms with van der Waals surface area (Å²) in [5.41, 5.74) is 0. The van der Waals surface area contributed by atoms with Gasteiger partial charge in [0.25, 0.3) is 0 Å². The zero-order valence-electron chi connectivity index (χ0n) is 7.14. The van der Waals surface area contributed by atoms with Gasteiger partial charge in [-0.25, -0.2) is 0 Å². The molecule has 5 heteroatoms. The zero-order chi connectivity index (χ0) is 9.14. The van der Waals surface area contributed by atoms with Crippen molar-refractivity contribution < 1.29 is 19.7 Å². The molecule has 1 aliphatic rings. The SMILES string of the molecule is CO[C@@H]1O[C@@H](CSC)C(O)C1O. The molecule has 0 aromatic heterocycles. The Kier molecular flexibility index (Phi) is 3.79. The average Bonchev–Trinajstić information content (AvgIpc) is 2.33. The van der Waals surface area contributed by atoms with Crippen molar-refractivity contribution in [2.24, 2.45) is 0 Å². The normalized spacial score (nSPS) is 42.0. The van der Waals surface area contributed by atoms with Gasteiger partial charge in [-0.3, -0.25) is 0 Å². The van der Waals surface area contributed by atoms with Gasteiger partial charge in [-0.15, -0.1) is 0 Å². The number of rotatable bonds is 3. The topological polar surface area (TPSA) is 58.9 Å². The molecule has 0 aliphatic carbocycles. The Morgan fingerprint density at radius 1 is 1.42 bits per heavy atom. The first-order chi connectivity index (χ1) is 5.70. The van der Waals surface area contributed by atoms with Gasteiger partial charge in [0.15, 0.2) is 6.29 Å². The molecule has 0 spiro atoms. The van der Waals surface area contributed by atoms with Crippen molar-refractivity contribution in [2.75, 3.05) is 19.1 Å². The lowest BCUT2D eigenvalue weighted by molar-refractivity contribution is -0.145. The first-order valence-electron chi connectivity index (χ1n) is 3.74. The van der Waals surface area contributed by atoms with Gasteiger partial charge in [-0.1, -0.05) is 0 Å². The summed E-state index contributed by atoms with van der Waals surface area (Å²) in [6.45, 7) is 0. The highest BCUT2D eigenvalue weighted by atomic mass is 32.2. The smallest absolute Gasteiger partial charge is 0.186 e. The second-order valence-electron chi connectivity index (χ2n) is 2.72. The molecule has 0 radical (unpaired) electrons. The predicted molar refractivity (Wildman–Crippen MR) is 46.1 cm³/mol. The van der Waals surface area contributed by atoms with Crippen LogP contribution >= 0.6 is 11.8 Å². The molecule has 1 rings (SSSR count). The molecule has 1 saturated heterocycles. The lowest BCUT2D eigenvalue weighted by Gasteiger charge is -2.11. The van der Waals surface area contributed by atoms with E-state index < -0.39 is 18.5 Å². The molecule has 2 N–H and O–H groups in total. The third kappa shape index (κ3) is 1.92. The molecule has 2 unspecified atom stereocenters. The molecule has 1 aliphatic heterocycles. The number of methoxy groups -OCH3 is 1. The molecule has 0 aromatic rings. The van der Waals surface area contributed by atoms with Gasteiger partial charge in [0.2, 0.25) is 0 Å². The molecule has 0 saturated carbocycles. The summed E-state index contributed by atoms with van der Waals surface area (Å²) in [6.07, 6.45) is -0.838. The van der Waals surface area contributed by atoms with Crippen LogP contribution in [0.5, 0.6) is 0 Å². The Morgan fingerprint density at radius 3 is 2.50 bits per heavy atom. The van der Waals surface area contributed by atoms with Crippen molar-refractivity contribution in [3.05, 3.63) is 0 Å². The van der Waals surface area contributed by atoms with E-state index in [4.69, 9.17) is 9.47 Å². The largest absolute Gasteiger partial charge is 0.387 e. The first-order valence-corrected chi connectivity index (χ1v) is 5.13. The number of aliphatic hydroxyl groups excluding tert-OH is 2. The van der Waals surface area contributed by atoms with E-state index in [0.29, 0.717) is 5.75 Å². The molecule has 1 heterocycles. The minimum atomic E-state index is -0.924. The molecule has 4 atom stereocenters. The van der Waals surface area contributed by atoms with Crippen LogP contribution in [0.4, 0.5) is 0 Å². The molecule has 4 nitrogen and oxygen atoms in total. The van der Waals surface area contributed by atoms with Crippen LogP contribution in [0, 0.1) is 0 Å².